The molecule has 132 valence electrons. The Hall–Kier alpha value is -2.48. The average molecular weight is 361 g/mol. The molecule has 2 heterocycles. The number of carbonyl (C=O) groups is 2. The van der Waals surface area contributed by atoms with Crippen molar-refractivity contribution in [2.24, 2.45) is 0 Å². The van der Waals surface area contributed by atoms with Crippen LogP contribution in [0.3, 0.4) is 0 Å². The molecule has 0 unspecified atom stereocenters. The lowest BCUT2D eigenvalue weighted by molar-refractivity contribution is -0.132. The summed E-state index contributed by atoms with van der Waals surface area (Å²) in [4.78, 5) is 41.5. The van der Waals surface area contributed by atoms with E-state index in [-0.39, 0.29) is 22.8 Å². The fraction of sp³-hybridized carbons (Fsp3) is 0.412. The van der Waals surface area contributed by atoms with Crippen LogP contribution in [-0.4, -0.2) is 46.5 Å². The van der Waals surface area contributed by atoms with E-state index >= 15 is 0 Å². The van der Waals surface area contributed by atoms with Crippen LogP contribution in [-0.2, 0) is 16.1 Å². The van der Waals surface area contributed by atoms with Gasteiger partial charge in [-0.1, -0.05) is 0 Å². The first kappa shape index (κ1) is 17.3. The van der Waals surface area contributed by atoms with Crippen molar-refractivity contribution in [1.82, 2.24) is 14.5 Å². The summed E-state index contributed by atoms with van der Waals surface area (Å²) in [5.41, 5.74) is 0.419. The van der Waals surface area contributed by atoms with Crippen LogP contribution in [0.25, 0.3) is 10.9 Å². The van der Waals surface area contributed by atoms with Crippen LogP contribution in [0.1, 0.15) is 29.6 Å². The number of esters is 1. The lowest BCUT2D eigenvalue weighted by Crippen LogP contribution is -2.40. The number of amides is 1. The number of hydrogen-bond acceptors (Lipinski definition) is 5. The maximum atomic E-state index is 12.7. The number of rotatable bonds is 3. The van der Waals surface area contributed by atoms with Crippen molar-refractivity contribution < 1.29 is 14.3 Å². The summed E-state index contributed by atoms with van der Waals surface area (Å²) in [6, 6.07) is 4.58. The predicted octanol–water partition coefficient (Wildman–Crippen LogP) is 1.86. The summed E-state index contributed by atoms with van der Waals surface area (Å²) in [5.74, 6) is -0.600. The van der Waals surface area contributed by atoms with E-state index in [2.05, 4.69) is 9.72 Å². The van der Waals surface area contributed by atoms with E-state index in [1.165, 1.54) is 29.9 Å². The van der Waals surface area contributed by atoms with Crippen LogP contribution in [0.2, 0.25) is 0 Å². The normalized spacial score (nSPS) is 14.5. The number of nitrogens with one attached hydrogen (secondary N) is 1. The van der Waals surface area contributed by atoms with Crippen LogP contribution in [0, 0.1) is 4.77 Å². The topological polar surface area (TPSA) is 84.4 Å². The molecular weight excluding hydrogens is 342 g/mol. The monoisotopic (exact) mass is 361 g/mol. The molecule has 1 amide bonds. The first-order valence-electron chi connectivity index (χ1n) is 8.14. The molecule has 1 saturated heterocycles. The minimum absolute atomic E-state index is 0.0805. The molecule has 1 aromatic carbocycles. The maximum absolute atomic E-state index is 12.7. The van der Waals surface area contributed by atoms with Gasteiger partial charge in [0.1, 0.15) is 6.54 Å². The van der Waals surface area contributed by atoms with Gasteiger partial charge in [0.15, 0.2) is 4.77 Å². The molecule has 8 heteroatoms. The minimum Gasteiger partial charge on any atom is -0.465 e. The Balaban J connectivity index is 1.96. The second-order valence-electron chi connectivity index (χ2n) is 6.01. The van der Waals surface area contributed by atoms with Gasteiger partial charge in [-0.25, -0.2) is 4.79 Å². The summed E-state index contributed by atoms with van der Waals surface area (Å²) in [5, 5.41) is 0.368. The number of aromatic nitrogens is 2. The highest BCUT2D eigenvalue weighted by atomic mass is 32.1. The highest BCUT2D eigenvalue weighted by molar-refractivity contribution is 7.71. The van der Waals surface area contributed by atoms with E-state index in [9.17, 15) is 14.4 Å². The van der Waals surface area contributed by atoms with Crippen molar-refractivity contribution in [3.63, 3.8) is 0 Å². The zero-order valence-corrected chi connectivity index (χ0v) is 14.7. The predicted molar refractivity (Wildman–Crippen MR) is 95.2 cm³/mol. The molecule has 1 N–H and O–H groups in total. The van der Waals surface area contributed by atoms with Gasteiger partial charge in [0.05, 0.1) is 23.6 Å². The summed E-state index contributed by atoms with van der Waals surface area (Å²) in [7, 11) is 1.29. The Bertz CT molecular complexity index is 941. The lowest BCUT2D eigenvalue weighted by atomic mass is 10.1. The van der Waals surface area contributed by atoms with Gasteiger partial charge >= 0.3 is 5.97 Å². The summed E-state index contributed by atoms with van der Waals surface area (Å²) >= 11 is 5.24. The number of ether oxygens (including phenoxy) is 1. The first-order chi connectivity index (χ1) is 12.0. The van der Waals surface area contributed by atoms with E-state index < -0.39 is 5.97 Å². The average Bonchev–Trinajstić information content (AvgIpc) is 2.64. The van der Waals surface area contributed by atoms with Crippen LogP contribution >= 0.6 is 12.2 Å². The van der Waals surface area contributed by atoms with Gasteiger partial charge in [0.25, 0.3) is 5.56 Å². The fourth-order valence-corrected chi connectivity index (χ4v) is 3.28. The van der Waals surface area contributed by atoms with Crippen molar-refractivity contribution >= 4 is 35.0 Å². The van der Waals surface area contributed by atoms with E-state index in [0.717, 1.165) is 32.4 Å². The zero-order valence-electron chi connectivity index (χ0n) is 13.9. The molecule has 0 aliphatic carbocycles. The van der Waals surface area contributed by atoms with Crippen LogP contribution in [0.15, 0.2) is 23.0 Å². The number of benzene rings is 1. The summed E-state index contributed by atoms with van der Waals surface area (Å²) in [6.07, 6.45) is 3.10. The van der Waals surface area contributed by atoms with Gasteiger partial charge in [0.2, 0.25) is 5.91 Å². The molecule has 1 fully saturated rings. The Morgan fingerprint density at radius 3 is 2.64 bits per heavy atom. The number of H-pyrrole nitrogens is 1. The molecule has 0 atom stereocenters. The molecule has 7 nitrogen and oxygen atoms in total. The number of aromatic amines is 1. The van der Waals surface area contributed by atoms with Crippen molar-refractivity contribution in [3.8, 4) is 0 Å². The molecule has 2 aromatic rings. The smallest absolute Gasteiger partial charge is 0.337 e. The van der Waals surface area contributed by atoms with Crippen molar-refractivity contribution in [1.29, 1.82) is 0 Å². The second-order valence-corrected chi connectivity index (χ2v) is 6.40. The van der Waals surface area contributed by atoms with Crippen molar-refractivity contribution in [2.45, 2.75) is 25.8 Å². The van der Waals surface area contributed by atoms with E-state index in [4.69, 9.17) is 12.2 Å². The Kier molecular flexibility index (Phi) is 4.98. The van der Waals surface area contributed by atoms with Crippen molar-refractivity contribution in [3.05, 3.63) is 38.9 Å². The minimum atomic E-state index is -0.495. The molecule has 0 radical (unpaired) electrons. The number of carbonyl (C=O) groups excluding carboxylic acids is 2. The highest BCUT2D eigenvalue weighted by Crippen LogP contribution is 2.13. The zero-order chi connectivity index (χ0) is 18.0. The lowest BCUT2D eigenvalue weighted by Gasteiger charge is -2.26. The molecular formula is C17H19N3O4S. The van der Waals surface area contributed by atoms with Gasteiger partial charge < -0.3 is 14.6 Å². The third-order valence-electron chi connectivity index (χ3n) is 4.41. The number of piperidine rings is 1. The highest BCUT2D eigenvalue weighted by Gasteiger charge is 2.18. The van der Waals surface area contributed by atoms with Crippen LogP contribution in [0.4, 0.5) is 0 Å². The van der Waals surface area contributed by atoms with Crippen LogP contribution in [0.5, 0.6) is 0 Å². The number of methoxy groups -OCH3 is 1. The van der Waals surface area contributed by atoms with Gasteiger partial charge in [-0.05, 0) is 49.7 Å². The Morgan fingerprint density at radius 2 is 1.96 bits per heavy atom. The molecule has 0 saturated carbocycles. The first-order valence-corrected chi connectivity index (χ1v) is 8.55. The molecule has 0 spiro atoms. The van der Waals surface area contributed by atoms with Gasteiger partial charge in [-0.15, -0.1) is 0 Å². The number of hydrogen-bond donors (Lipinski definition) is 1. The third kappa shape index (κ3) is 3.48. The van der Waals surface area contributed by atoms with Crippen molar-refractivity contribution in [2.75, 3.05) is 20.2 Å². The Morgan fingerprint density at radius 1 is 1.24 bits per heavy atom. The molecule has 3 rings (SSSR count). The standard InChI is InChI=1S/C17H19N3O4S/c1-24-16(23)11-5-6-12-13(9-11)18-17(25)20(15(12)22)10-14(21)19-7-3-2-4-8-19/h5-6,9H,2-4,7-8,10H2,1H3,(H,18,25). The maximum Gasteiger partial charge on any atom is 0.337 e. The fourth-order valence-electron chi connectivity index (χ4n) is 3.02. The summed E-state index contributed by atoms with van der Waals surface area (Å²) < 4.78 is 6.10. The molecule has 0 bridgehead atoms. The van der Waals surface area contributed by atoms with E-state index in [1.807, 2.05) is 0 Å². The van der Waals surface area contributed by atoms with Gasteiger partial charge in [-0.3, -0.25) is 14.2 Å². The van der Waals surface area contributed by atoms with Gasteiger partial charge in [-0.2, -0.15) is 0 Å². The molecule has 1 aliphatic heterocycles. The molecule has 1 aliphatic rings. The van der Waals surface area contributed by atoms with E-state index in [0.29, 0.717) is 16.5 Å². The number of likely N-dealkylation sites (tertiary alicyclic amines) is 1. The largest absolute Gasteiger partial charge is 0.465 e. The Labute approximate surface area is 149 Å². The molecule has 1 aromatic heterocycles. The second kappa shape index (κ2) is 7.18. The SMILES string of the molecule is COC(=O)c1ccc2c(=O)n(CC(=O)N3CCCCC3)c(=S)[nH]c2c1. The van der Waals surface area contributed by atoms with E-state index in [1.54, 1.807) is 4.90 Å². The number of nitrogens with zero attached hydrogens (tertiary/aromatic N) is 2. The number of fused-ring (bicyclic) bond motifs is 1. The summed E-state index contributed by atoms with van der Waals surface area (Å²) in [6.45, 7) is 1.36. The van der Waals surface area contributed by atoms with Gasteiger partial charge in [0, 0.05) is 13.1 Å². The van der Waals surface area contributed by atoms with Crippen LogP contribution < -0.4 is 5.56 Å². The molecule has 25 heavy (non-hydrogen) atoms. The quantitative estimate of drug-likeness (QED) is 0.666. The third-order valence-corrected chi connectivity index (χ3v) is 4.73.